The number of Topliss-reactive ketones (excluding diaryl/α,β-unsaturated/α-hetero) is 1. The first-order chi connectivity index (χ1) is 11.8. The van der Waals surface area contributed by atoms with E-state index < -0.39 is 11.9 Å². The van der Waals surface area contributed by atoms with Crippen molar-refractivity contribution in [3.05, 3.63) is 29.8 Å². The summed E-state index contributed by atoms with van der Waals surface area (Å²) in [7, 11) is 0. The Balaban J connectivity index is 2.27. The van der Waals surface area contributed by atoms with Gasteiger partial charge in [0.2, 0.25) is 0 Å². The molecule has 0 aromatic heterocycles. The second-order valence-electron chi connectivity index (χ2n) is 7.39. The molecule has 0 spiro atoms. The van der Waals surface area contributed by atoms with Crippen LogP contribution in [0.1, 0.15) is 65.9 Å². The molecule has 1 aromatic carbocycles. The van der Waals surface area contributed by atoms with Crippen LogP contribution in [0.5, 0.6) is 5.75 Å². The molecular formula is C21H32O4. The lowest BCUT2D eigenvalue weighted by molar-refractivity contribution is -0.151. The first-order valence-corrected chi connectivity index (χ1v) is 9.16. The third-order valence-corrected chi connectivity index (χ3v) is 4.19. The monoisotopic (exact) mass is 348 g/mol. The quantitative estimate of drug-likeness (QED) is 0.350. The largest absolute Gasteiger partial charge is 0.494 e. The topological polar surface area (TPSA) is 52.6 Å². The molecule has 0 fully saturated rings. The van der Waals surface area contributed by atoms with Crippen molar-refractivity contribution >= 4 is 11.8 Å². The van der Waals surface area contributed by atoms with Crippen LogP contribution in [0.2, 0.25) is 0 Å². The van der Waals surface area contributed by atoms with Crippen LogP contribution in [-0.4, -0.2) is 25.0 Å². The van der Waals surface area contributed by atoms with Crippen LogP contribution < -0.4 is 4.74 Å². The minimum absolute atomic E-state index is 0.117. The fraction of sp³-hybridized carbons (Fsp3) is 0.619. The van der Waals surface area contributed by atoms with Gasteiger partial charge in [0.1, 0.15) is 17.5 Å². The average Bonchev–Trinajstić information content (AvgIpc) is 2.53. The predicted octanol–water partition coefficient (Wildman–Crippen LogP) is 4.69. The lowest BCUT2D eigenvalue weighted by atomic mass is 9.87. The zero-order chi connectivity index (χ0) is 18.9. The van der Waals surface area contributed by atoms with E-state index in [1.54, 1.807) is 6.92 Å². The summed E-state index contributed by atoms with van der Waals surface area (Å²) < 4.78 is 10.7. The summed E-state index contributed by atoms with van der Waals surface area (Å²) in [4.78, 5) is 23.3. The maximum absolute atomic E-state index is 11.7. The van der Waals surface area contributed by atoms with Gasteiger partial charge in [0.15, 0.2) is 0 Å². The number of carbonyl (C=O) groups excluding carboxylic acids is 2. The summed E-state index contributed by atoms with van der Waals surface area (Å²) in [6, 6.07) is 8.22. The Bertz CT molecular complexity index is 540. The highest BCUT2D eigenvalue weighted by Crippen LogP contribution is 2.24. The Morgan fingerprint density at radius 3 is 2.20 bits per heavy atom. The summed E-state index contributed by atoms with van der Waals surface area (Å²) >= 11 is 0. The van der Waals surface area contributed by atoms with Gasteiger partial charge in [0.05, 0.1) is 13.2 Å². The van der Waals surface area contributed by atoms with Gasteiger partial charge in [-0.1, -0.05) is 45.7 Å². The van der Waals surface area contributed by atoms with Gasteiger partial charge in [-0.15, -0.1) is 0 Å². The first-order valence-electron chi connectivity index (χ1n) is 9.16. The number of rotatable bonds is 10. The van der Waals surface area contributed by atoms with Gasteiger partial charge in [-0.3, -0.25) is 9.59 Å². The van der Waals surface area contributed by atoms with Crippen LogP contribution in [-0.2, 0) is 19.7 Å². The van der Waals surface area contributed by atoms with E-state index in [0.29, 0.717) is 19.6 Å². The van der Waals surface area contributed by atoms with E-state index in [9.17, 15) is 9.59 Å². The standard InChI is InChI=1S/C21H32O4/c1-6-24-20(23)19(16(2)22)10-8-7-9-15-25-18-13-11-17(12-14-18)21(3,4)5/h11-14,19H,6-10,15H2,1-5H3. The van der Waals surface area contributed by atoms with Gasteiger partial charge in [0.25, 0.3) is 0 Å². The molecule has 0 amide bonds. The van der Waals surface area contributed by atoms with Crippen molar-refractivity contribution < 1.29 is 19.1 Å². The molecule has 1 unspecified atom stereocenters. The molecule has 1 aromatic rings. The highest BCUT2D eigenvalue weighted by atomic mass is 16.5. The van der Waals surface area contributed by atoms with Crippen LogP contribution in [0.3, 0.4) is 0 Å². The smallest absolute Gasteiger partial charge is 0.316 e. The van der Waals surface area contributed by atoms with Crippen LogP contribution in [0.25, 0.3) is 0 Å². The molecule has 0 saturated heterocycles. The van der Waals surface area contributed by atoms with Crippen molar-refractivity contribution in [3.63, 3.8) is 0 Å². The lowest BCUT2D eigenvalue weighted by Crippen LogP contribution is -2.24. The molecule has 0 aliphatic rings. The Morgan fingerprint density at radius 2 is 1.68 bits per heavy atom. The summed E-state index contributed by atoms with van der Waals surface area (Å²) in [6.45, 7) is 10.7. The fourth-order valence-electron chi connectivity index (χ4n) is 2.60. The van der Waals surface area contributed by atoms with E-state index >= 15 is 0 Å². The number of ether oxygens (including phenoxy) is 2. The Morgan fingerprint density at radius 1 is 1.04 bits per heavy atom. The predicted molar refractivity (Wildman–Crippen MR) is 99.9 cm³/mol. The second kappa shape index (κ2) is 10.2. The van der Waals surface area contributed by atoms with Crippen molar-refractivity contribution in [2.45, 2.75) is 65.7 Å². The van der Waals surface area contributed by atoms with E-state index in [2.05, 4.69) is 32.9 Å². The Labute approximate surface area is 151 Å². The van der Waals surface area contributed by atoms with E-state index in [0.717, 1.165) is 25.0 Å². The maximum Gasteiger partial charge on any atom is 0.316 e. The number of hydrogen-bond donors (Lipinski definition) is 0. The molecule has 0 heterocycles. The van der Waals surface area contributed by atoms with Gasteiger partial charge < -0.3 is 9.47 Å². The number of ketones is 1. The van der Waals surface area contributed by atoms with Crippen molar-refractivity contribution in [1.82, 2.24) is 0 Å². The number of benzene rings is 1. The molecule has 4 nitrogen and oxygen atoms in total. The van der Waals surface area contributed by atoms with Gasteiger partial charge >= 0.3 is 5.97 Å². The van der Waals surface area contributed by atoms with Crippen molar-refractivity contribution in [1.29, 1.82) is 0 Å². The molecule has 0 aliphatic carbocycles. The minimum Gasteiger partial charge on any atom is -0.494 e. The molecule has 0 N–H and O–H groups in total. The summed E-state index contributed by atoms with van der Waals surface area (Å²) in [6.07, 6.45) is 3.18. The number of unbranched alkanes of at least 4 members (excludes halogenated alkanes) is 2. The highest BCUT2D eigenvalue weighted by Gasteiger charge is 2.23. The molecule has 1 rings (SSSR count). The average molecular weight is 348 g/mol. The van der Waals surface area contributed by atoms with Gasteiger partial charge in [0, 0.05) is 0 Å². The summed E-state index contributed by atoms with van der Waals surface area (Å²) in [5.41, 5.74) is 1.43. The van der Waals surface area contributed by atoms with Crippen molar-refractivity contribution in [3.8, 4) is 5.75 Å². The molecule has 140 valence electrons. The minimum atomic E-state index is -0.620. The third-order valence-electron chi connectivity index (χ3n) is 4.19. The molecule has 25 heavy (non-hydrogen) atoms. The lowest BCUT2D eigenvalue weighted by Gasteiger charge is -2.19. The molecule has 0 saturated carbocycles. The highest BCUT2D eigenvalue weighted by molar-refractivity contribution is 5.97. The van der Waals surface area contributed by atoms with Crippen LogP contribution in [0.4, 0.5) is 0 Å². The van der Waals surface area contributed by atoms with E-state index in [1.807, 2.05) is 12.1 Å². The molecule has 0 aliphatic heterocycles. The van der Waals surface area contributed by atoms with E-state index in [-0.39, 0.29) is 11.2 Å². The third kappa shape index (κ3) is 7.72. The normalized spacial score (nSPS) is 12.5. The zero-order valence-electron chi connectivity index (χ0n) is 16.3. The van der Waals surface area contributed by atoms with E-state index in [1.165, 1.54) is 12.5 Å². The molecule has 1 atom stereocenters. The maximum atomic E-state index is 11.7. The zero-order valence-corrected chi connectivity index (χ0v) is 16.3. The van der Waals surface area contributed by atoms with Gasteiger partial charge in [-0.05, 0) is 49.8 Å². The molecule has 0 radical (unpaired) electrons. The van der Waals surface area contributed by atoms with E-state index in [4.69, 9.17) is 9.47 Å². The SMILES string of the molecule is CCOC(=O)C(CCCCCOc1ccc(C(C)(C)C)cc1)C(C)=O. The van der Waals surface area contributed by atoms with Gasteiger partial charge in [-0.25, -0.2) is 0 Å². The number of carbonyl (C=O) groups is 2. The van der Waals surface area contributed by atoms with Crippen LogP contribution >= 0.6 is 0 Å². The van der Waals surface area contributed by atoms with Crippen LogP contribution in [0.15, 0.2) is 24.3 Å². The Kier molecular flexibility index (Phi) is 8.67. The first kappa shape index (κ1) is 21.2. The molecule has 4 heteroatoms. The number of hydrogen-bond acceptors (Lipinski definition) is 4. The fourth-order valence-corrected chi connectivity index (χ4v) is 2.60. The van der Waals surface area contributed by atoms with Crippen LogP contribution in [0, 0.1) is 5.92 Å². The van der Waals surface area contributed by atoms with Crippen molar-refractivity contribution in [2.24, 2.45) is 5.92 Å². The summed E-state index contributed by atoms with van der Waals surface area (Å²) in [5.74, 6) is -0.259. The molecule has 0 bridgehead atoms. The van der Waals surface area contributed by atoms with Gasteiger partial charge in [-0.2, -0.15) is 0 Å². The van der Waals surface area contributed by atoms with Crippen molar-refractivity contribution in [2.75, 3.05) is 13.2 Å². The Hall–Kier alpha value is -1.84. The second-order valence-corrected chi connectivity index (χ2v) is 7.39. The summed E-state index contributed by atoms with van der Waals surface area (Å²) in [5, 5.41) is 0. The molecular weight excluding hydrogens is 316 g/mol. The number of esters is 1.